The van der Waals surface area contributed by atoms with Crippen LogP contribution in [0, 0.1) is 0 Å². The summed E-state index contributed by atoms with van der Waals surface area (Å²) in [6.07, 6.45) is -1.83. The van der Waals surface area contributed by atoms with Crippen LogP contribution in [0.15, 0.2) is 30.3 Å². The Morgan fingerprint density at radius 2 is 1.76 bits per heavy atom. The van der Waals surface area contributed by atoms with E-state index in [2.05, 4.69) is 14.8 Å². The van der Waals surface area contributed by atoms with E-state index in [4.69, 9.17) is 0 Å². The molecule has 2 N–H and O–H groups in total. The molecule has 1 rings (SSSR count). The highest BCUT2D eigenvalue weighted by atomic mass is 16.5. The standard InChI is InChI=1S/C14H17NO6/c1-20-11(16)8-10(14(19)21-2)15-13(18)12(17)9-6-4-3-5-7-9/h3-7,10,12,17H,8H2,1-2H3,(H,15,18)/t10-,12+/m1/s1. The number of nitrogens with one attached hydrogen (secondary N) is 1. The smallest absolute Gasteiger partial charge is 0.328 e. The number of carbonyl (C=O) groups excluding carboxylic acids is 3. The summed E-state index contributed by atoms with van der Waals surface area (Å²) in [6, 6.07) is 6.99. The van der Waals surface area contributed by atoms with E-state index in [1.54, 1.807) is 30.3 Å². The molecule has 2 atom stereocenters. The molecular formula is C14H17NO6. The number of aliphatic hydroxyl groups is 1. The third kappa shape index (κ3) is 4.88. The number of amides is 1. The predicted molar refractivity (Wildman–Crippen MR) is 72.0 cm³/mol. The molecule has 0 bridgehead atoms. The van der Waals surface area contributed by atoms with Crippen molar-refractivity contribution >= 4 is 17.8 Å². The fourth-order valence-electron chi connectivity index (χ4n) is 1.62. The average Bonchev–Trinajstić information content (AvgIpc) is 2.53. The van der Waals surface area contributed by atoms with E-state index in [0.717, 1.165) is 14.2 Å². The number of esters is 2. The quantitative estimate of drug-likeness (QED) is 0.713. The van der Waals surface area contributed by atoms with Gasteiger partial charge < -0.3 is 19.9 Å². The summed E-state index contributed by atoms with van der Waals surface area (Å²) in [4.78, 5) is 34.7. The van der Waals surface area contributed by atoms with E-state index >= 15 is 0 Å². The molecule has 0 spiro atoms. The fraction of sp³-hybridized carbons (Fsp3) is 0.357. The Hall–Kier alpha value is -2.41. The molecule has 0 aliphatic heterocycles. The van der Waals surface area contributed by atoms with Gasteiger partial charge in [-0.25, -0.2) is 4.79 Å². The second-order valence-corrected chi connectivity index (χ2v) is 4.18. The zero-order valence-corrected chi connectivity index (χ0v) is 11.7. The molecule has 0 saturated carbocycles. The van der Waals surface area contributed by atoms with E-state index < -0.39 is 30.0 Å². The largest absolute Gasteiger partial charge is 0.469 e. The molecular weight excluding hydrogens is 278 g/mol. The number of ether oxygens (including phenoxy) is 2. The lowest BCUT2D eigenvalue weighted by molar-refractivity contribution is -0.151. The number of rotatable bonds is 6. The lowest BCUT2D eigenvalue weighted by Crippen LogP contribution is -2.45. The predicted octanol–water partition coefficient (Wildman–Crippen LogP) is -0.0591. The first-order valence-electron chi connectivity index (χ1n) is 6.17. The van der Waals surface area contributed by atoms with Gasteiger partial charge in [-0.1, -0.05) is 30.3 Å². The van der Waals surface area contributed by atoms with Gasteiger partial charge in [0.1, 0.15) is 6.04 Å². The molecule has 7 nitrogen and oxygen atoms in total. The van der Waals surface area contributed by atoms with E-state index in [-0.39, 0.29) is 6.42 Å². The molecule has 0 fully saturated rings. The number of hydrogen-bond acceptors (Lipinski definition) is 6. The number of benzene rings is 1. The number of aliphatic hydroxyl groups excluding tert-OH is 1. The summed E-state index contributed by atoms with van der Waals surface area (Å²) < 4.78 is 8.94. The fourth-order valence-corrected chi connectivity index (χ4v) is 1.62. The molecule has 1 aromatic rings. The van der Waals surface area contributed by atoms with Gasteiger partial charge in [0.2, 0.25) is 0 Å². The first-order valence-corrected chi connectivity index (χ1v) is 6.17. The van der Waals surface area contributed by atoms with Gasteiger partial charge >= 0.3 is 11.9 Å². The number of carbonyl (C=O) groups is 3. The minimum absolute atomic E-state index is 0.372. The zero-order chi connectivity index (χ0) is 15.8. The molecule has 0 aromatic heterocycles. The molecule has 21 heavy (non-hydrogen) atoms. The van der Waals surface area contributed by atoms with Crippen molar-refractivity contribution < 1.29 is 29.0 Å². The maximum Gasteiger partial charge on any atom is 0.328 e. The van der Waals surface area contributed by atoms with Crippen molar-refractivity contribution in [1.82, 2.24) is 5.32 Å². The van der Waals surface area contributed by atoms with Crippen molar-refractivity contribution in [3.8, 4) is 0 Å². The van der Waals surface area contributed by atoms with Gasteiger partial charge in [0.25, 0.3) is 5.91 Å². The summed E-state index contributed by atoms with van der Waals surface area (Å²) in [6.45, 7) is 0. The van der Waals surface area contributed by atoms with Gasteiger partial charge in [0, 0.05) is 0 Å². The van der Waals surface area contributed by atoms with Gasteiger partial charge in [-0.3, -0.25) is 9.59 Å². The SMILES string of the molecule is COC(=O)C[C@@H](NC(=O)[C@@H](O)c1ccccc1)C(=O)OC. The average molecular weight is 295 g/mol. The van der Waals surface area contributed by atoms with Crippen LogP contribution in [0.25, 0.3) is 0 Å². The second kappa shape index (κ2) is 8.01. The second-order valence-electron chi connectivity index (χ2n) is 4.18. The lowest BCUT2D eigenvalue weighted by Gasteiger charge is -2.18. The molecule has 0 saturated heterocycles. The first kappa shape index (κ1) is 16.6. The van der Waals surface area contributed by atoms with Gasteiger partial charge in [0.05, 0.1) is 20.6 Å². The maximum atomic E-state index is 11.9. The third-order valence-electron chi connectivity index (χ3n) is 2.76. The Morgan fingerprint density at radius 3 is 2.29 bits per heavy atom. The molecule has 0 heterocycles. The van der Waals surface area contributed by atoms with Crippen molar-refractivity contribution in [1.29, 1.82) is 0 Å². The van der Waals surface area contributed by atoms with Crippen molar-refractivity contribution in [3.05, 3.63) is 35.9 Å². The highest BCUT2D eigenvalue weighted by Crippen LogP contribution is 2.12. The molecule has 114 valence electrons. The van der Waals surface area contributed by atoms with Gasteiger partial charge in [0.15, 0.2) is 6.10 Å². The van der Waals surface area contributed by atoms with Crippen LogP contribution in [0.3, 0.4) is 0 Å². The number of methoxy groups -OCH3 is 2. The molecule has 1 aromatic carbocycles. The Kier molecular flexibility index (Phi) is 6.35. The van der Waals surface area contributed by atoms with Crippen LogP contribution < -0.4 is 5.32 Å². The van der Waals surface area contributed by atoms with Crippen molar-refractivity contribution in [2.75, 3.05) is 14.2 Å². The molecule has 0 radical (unpaired) electrons. The van der Waals surface area contributed by atoms with Crippen LogP contribution >= 0.6 is 0 Å². The Bertz CT molecular complexity index is 501. The van der Waals surface area contributed by atoms with Crippen LogP contribution in [0.1, 0.15) is 18.1 Å². The Morgan fingerprint density at radius 1 is 1.14 bits per heavy atom. The zero-order valence-electron chi connectivity index (χ0n) is 11.7. The van der Waals surface area contributed by atoms with Gasteiger partial charge in [-0.15, -0.1) is 0 Å². The van der Waals surface area contributed by atoms with Crippen LogP contribution in [0.4, 0.5) is 0 Å². The highest BCUT2D eigenvalue weighted by Gasteiger charge is 2.28. The molecule has 1 amide bonds. The minimum Gasteiger partial charge on any atom is -0.469 e. The highest BCUT2D eigenvalue weighted by molar-refractivity contribution is 5.90. The van der Waals surface area contributed by atoms with E-state index in [0.29, 0.717) is 5.56 Å². The van der Waals surface area contributed by atoms with E-state index in [9.17, 15) is 19.5 Å². The summed E-state index contributed by atoms with van der Waals surface area (Å²) >= 11 is 0. The van der Waals surface area contributed by atoms with Crippen LogP contribution in [0.5, 0.6) is 0 Å². The van der Waals surface area contributed by atoms with Crippen molar-refractivity contribution in [2.24, 2.45) is 0 Å². The summed E-state index contributed by atoms with van der Waals surface area (Å²) in [7, 11) is 2.30. The van der Waals surface area contributed by atoms with E-state index in [1.165, 1.54) is 0 Å². The summed E-state index contributed by atoms with van der Waals surface area (Å²) in [5, 5.41) is 12.2. The van der Waals surface area contributed by atoms with Crippen molar-refractivity contribution in [3.63, 3.8) is 0 Å². The van der Waals surface area contributed by atoms with E-state index in [1.807, 2.05) is 0 Å². The lowest BCUT2D eigenvalue weighted by atomic mass is 10.1. The molecule has 0 unspecified atom stereocenters. The van der Waals surface area contributed by atoms with Gasteiger partial charge in [-0.2, -0.15) is 0 Å². The third-order valence-corrected chi connectivity index (χ3v) is 2.76. The number of hydrogen-bond donors (Lipinski definition) is 2. The molecule has 0 aliphatic rings. The monoisotopic (exact) mass is 295 g/mol. The first-order chi connectivity index (χ1) is 9.99. The van der Waals surface area contributed by atoms with Gasteiger partial charge in [-0.05, 0) is 5.56 Å². The van der Waals surface area contributed by atoms with Crippen molar-refractivity contribution in [2.45, 2.75) is 18.6 Å². The van der Waals surface area contributed by atoms with Crippen LogP contribution in [-0.4, -0.2) is 43.2 Å². The maximum absolute atomic E-state index is 11.9. The summed E-state index contributed by atoms with van der Waals surface area (Å²) in [5.41, 5.74) is 0.372. The summed E-state index contributed by atoms with van der Waals surface area (Å²) in [5.74, 6) is -2.28. The van der Waals surface area contributed by atoms with Crippen LogP contribution in [0.2, 0.25) is 0 Å². The molecule has 7 heteroatoms. The Labute approximate surface area is 121 Å². The molecule has 0 aliphatic carbocycles. The normalized spacial score (nSPS) is 12.9. The minimum atomic E-state index is -1.45. The Balaban J connectivity index is 2.75. The topological polar surface area (TPSA) is 102 Å². The van der Waals surface area contributed by atoms with Crippen LogP contribution in [-0.2, 0) is 23.9 Å².